The van der Waals surface area contributed by atoms with Crippen molar-refractivity contribution < 1.29 is 37.5 Å². The molecule has 16 heteroatoms. The maximum absolute atomic E-state index is 14.9. The molecule has 63 heavy (non-hydrogen) atoms. The highest BCUT2D eigenvalue weighted by atomic mass is 19.1. The molecule has 0 bridgehead atoms. The van der Waals surface area contributed by atoms with Gasteiger partial charge in [-0.1, -0.05) is 109 Å². The van der Waals surface area contributed by atoms with Crippen molar-refractivity contribution in [2.24, 2.45) is 21.5 Å². The lowest BCUT2D eigenvalue weighted by atomic mass is 9.92. The molecule has 3 atom stereocenters. The predicted octanol–water partition coefficient (Wildman–Crippen LogP) is 6.63. The van der Waals surface area contributed by atoms with Gasteiger partial charge in [0.15, 0.2) is 11.7 Å². The summed E-state index contributed by atoms with van der Waals surface area (Å²) in [5.74, 6) is -1.33. The average molecular weight is 863 g/mol. The molecule has 4 aromatic carbocycles. The zero-order chi connectivity index (χ0) is 44.5. The summed E-state index contributed by atoms with van der Waals surface area (Å²) in [5.41, 5.74) is 17.9. The zero-order valence-corrected chi connectivity index (χ0v) is 35.3. The molecule has 0 amide bonds. The molecule has 2 fully saturated rings. The van der Waals surface area contributed by atoms with E-state index in [4.69, 9.17) is 30.0 Å². The topological polar surface area (TPSA) is 194 Å². The highest BCUT2D eigenvalue weighted by Gasteiger charge is 2.41. The number of aromatic nitrogens is 2. The van der Waals surface area contributed by atoms with Gasteiger partial charge >= 0.3 is 0 Å². The molecule has 2 saturated heterocycles. The van der Waals surface area contributed by atoms with E-state index in [0.29, 0.717) is 109 Å². The first-order chi connectivity index (χ1) is 30.6. The Balaban J connectivity index is 0.000000189. The molecule has 4 heterocycles. The van der Waals surface area contributed by atoms with Gasteiger partial charge in [-0.2, -0.15) is 4.99 Å². The first-order valence-electron chi connectivity index (χ1n) is 20.7. The number of hydrogen-bond acceptors (Lipinski definition) is 12. The van der Waals surface area contributed by atoms with Crippen LogP contribution in [0, 0.1) is 11.6 Å². The number of aliphatic hydroxyl groups excluding tert-OH is 2. The monoisotopic (exact) mass is 862 g/mol. The molecule has 2 aliphatic heterocycles. The second kappa shape index (κ2) is 20.4. The largest absolute Gasteiger partial charge is 0.391 e. The van der Waals surface area contributed by atoms with Crippen LogP contribution in [0.3, 0.4) is 0 Å². The first kappa shape index (κ1) is 44.9. The van der Waals surface area contributed by atoms with E-state index in [9.17, 15) is 19.0 Å². The van der Waals surface area contributed by atoms with Crippen LogP contribution in [-0.4, -0.2) is 95.6 Å². The van der Waals surface area contributed by atoms with E-state index in [1.165, 1.54) is 12.1 Å². The van der Waals surface area contributed by atoms with Crippen LogP contribution in [0.4, 0.5) is 14.6 Å². The number of aliphatic imine (C=N–C) groups is 2. The minimum Gasteiger partial charge on any atom is -0.391 e. The van der Waals surface area contributed by atoms with Gasteiger partial charge < -0.3 is 39.4 Å². The fourth-order valence-electron chi connectivity index (χ4n) is 7.80. The van der Waals surface area contributed by atoms with E-state index in [2.05, 4.69) is 27.0 Å². The standard InChI is InChI=1S/C24H27FN4O3.C23H25FN4O3/c1-16(18-8-9-19(21(25)14-18)17-6-4-3-5-7-17)22-20(15-30)23(28-32-22)24(26,27-2)29-10-12-31-13-11-29;1-15(17-7-8-18(20(24)13-17)16-5-3-2-4-6-16)21-19(14-29)22(27-31-21)26-23(25)28-9-11-30-12-10-28/h3-9,14,16,30H,2,10-13,15,26H2,1H3;2-8,13,15,29H,9-12,14H2,1H3,(H2,25,26,27). The van der Waals surface area contributed by atoms with Crippen molar-refractivity contribution in [1.29, 1.82) is 0 Å². The second-order valence-electron chi connectivity index (χ2n) is 15.2. The number of nitrogens with two attached hydrogens (primary N) is 2. The number of hydrogen-bond donors (Lipinski definition) is 4. The lowest BCUT2D eigenvalue weighted by Gasteiger charge is -2.38. The molecule has 6 aromatic rings. The molecular weight excluding hydrogens is 811 g/mol. The van der Waals surface area contributed by atoms with Crippen LogP contribution in [0.2, 0.25) is 0 Å². The van der Waals surface area contributed by atoms with E-state index in [0.717, 1.165) is 11.1 Å². The number of halogens is 2. The highest BCUT2D eigenvalue weighted by molar-refractivity contribution is 5.81. The number of morpholine rings is 2. The molecule has 330 valence electrons. The molecule has 8 rings (SSSR count). The summed E-state index contributed by atoms with van der Waals surface area (Å²) in [7, 11) is 0. The van der Waals surface area contributed by atoms with Crippen LogP contribution in [0.25, 0.3) is 22.3 Å². The number of ether oxygens (including phenoxy) is 2. The van der Waals surface area contributed by atoms with Crippen LogP contribution in [0.5, 0.6) is 0 Å². The quantitative estimate of drug-likeness (QED) is 0.0759. The Kier molecular flexibility index (Phi) is 14.5. The van der Waals surface area contributed by atoms with Gasteiger partial charge in [-0.15, -0.1) is 0 Å². The van der Waals surface area contributed by atoms with Crippen LogP contribution >= 0.6 is 0 Å². The number of nitrogens with zero attached hydrogens (tertiary/aromatic N) is 6. The smallest absolute Gasteiger partial charge is 0.211 e. The average Bonchev–Trinajstić information content (AvgIpc) is 3.96. The SMILES string of the molecule is C=NC(N)(c1noc(C(C)c2ccc(-c3ccccc3)c(F)c2)c1CO)N1CCOCC1.CC(c1ccc(-c2ccccc2)c(F)c1)c1onc(N=C(N)N2CCOCC2)c1CO. The maximum Gasteiger partial charge on any atom is 0.211 e. The van der Waals surface area contributed by atoms with E-state index >= 15 is 0 Å². The van der Waals surface area contributed by atoms with Gasteiger partial charge in [-0.3, -0.25) is 15.6 Å². The fourth-order valence-corrected chi connectivity index (χ4v) is 7.80. The van der Waals surface area contributed by atoms with E-state index < -0.39 is 5.79 Å². The van der Waals surface area contributed by atoms with E-state index in [1.807, 2.05) is 96.4 Å². The summed E-state index contributed by atoms with van der Waals surface area (Å²) < 4.78 is 51.6. The number of guanidine groups is 1. The molecule has 2 aromatic heterocycles. The fraction of sp³-hybridized carbons (Fsp3) is 0.319. The third-order valence-electron chi connectivity index (χ3n) is 11.5. The Morgan fingerprint density at radius 1 is 0.730 bits per heavy atom. The van der Waals surface area contributed by atoms with Gasteiger partial charge in [0.1, 0.15) is 23.1 Å². The highest BCUT2D eigenvalue weighted by Crippen LogP contribution is 2.37. The summed E-state index contributed by atoms with van der Waals surface area (Å²) >= 11 is 0. The predicted molar refractivity (Wildman–Crippen MR) is 235 cm³/mol. The lowest BCUT2D eigenvalue weighted by Crippen LogP contribution is -2.56. The van der Waals surface area contributed by atoms with Crippen molar-refractivity contribution >= 4 is 18.5 Å². The third kappa shape index (κ3) is 9.76. The van der Waals surface area contributed by atoms with Crippen LogP contribution < -0.4 is 11.5 Å². The first-order valence-corrected chi connectivity index (χ1v) is 20.7. The Morgan fingerprint density at radius 3 is 1.68 bits per heavy atom. The molecule has 14 nitrogen and oxygen atoms in total. The van der Waals surface area contributed by atoms with Gasteiger partial charge in [0.05, 0.1) is 45.2 Å². The van der Waals surface area contributed by atoms with Gasteiger partial charge in [-0.05, 0) is 41.1 Å². The maximum atomic E-state index is 14.9. The van der Waals surface area contributed by atoms with Crippen LogP contribution in [0.15, 0.2) is 116 Å². The molecule has 0 radical (unpaired) electrons. The lowest BCUT2D eigenvalue weighted by molar-refractivity contribution is -0.0227. The van der Waals surface area contributed by atoms with Crippen molar-refractivity contribution in [1.82, 2.24) is 20.1 Å². The number of benzene rings is 4. The Labute approximate surface area is 364 Å². The zero-order valence-electron chi connectivity index (χ0n) is 35.3. The summed E-state index contributed by atoms with van der Waals surface area (Å²) in [6.07, 6.45) is 0. The third-order valence-corrected chi connectivity index (χ3v) is 11.5. The van der Waals surface area contributed by atoms with Crippen LogP contribution in [0.1, 0.15) is 65.2 Å². The molecule has 3 unspecified atom stereocenters. The summed E-state index contributed by atoms with van der Waals surface area (Å²) in [6, 6.07) is 28.9. The Bertz CT molecular complexity index is 2490. The van der Waals surface area contributed by atoms with E-state index in [1.54, 1.807) is 12.1 Å². The summed E-state index contributed by atoms with van der Waals surface area (Å²) in [5, 5.41) is 28.3. The number of rotatable bonds is 12. The second-order valence-corrected chi connectivity index (χ2v) is 15.2. The minimum absolute atomic E-state index is 0.231. The molecule has 6 N–H and O–H groups in total. The van der Waals surface area contributed by atoms with E-state index in [-0.39, 0.29) is 42.5 Å². The summed E-state index contributed by atoms with van der Waals surface area (Å²) in [6.45, 7) is 11.3. The summed E-state index contributed by atoms with van der Waals surface area (Å²) in [4.78, 5) is 12.3. The number of aliphatic hydroxyl groups is 2. The van der Waals surface area contributed by atoms with Gasteiger partial charge in [0.25, 0.3) is 0 Å². The minimum atomic E-state index is -1.36. The van der Waals surface area contributed by atoms with Gasteiger partial charge in [0.2, 0.25) is 11.6 Å². The van der Waals surface area contributed by atoms with Crippen molar-refractivity contribution in [3.8, 4) is 22.3 Å². The van der Waals surface area contributed by atoms with Gasteiger partial charge in [-0.25, -0.2) is 8.78 Å². The van der Waals surface area contributed by atoms with Crippen molar-refractivity contribution in [2.75, 3.05) is 52.6 Å². The van der Waals surface area contributed by atoms with Crippen molar-refractivity contribution in [2.45, 2.75) is 44.7 Å². The van der Waals surface area contributed by atoms with Crippen molar-refractivity contribution in [3.63, 3.8) is 0 Å². The molecule has 0 saturated carbocycles. The van der Waals surface area contributed by atoms with Crippen LogP contribution in [-0.2, 0) is 28.5 Å². The molecule has 0 spiro atoms. The molecule has 0 aliphatic carbocycles. The van der Waals surface area contributed by atoms with Crippen molar-refractivity contribution in [3.05, 3.63) is 148 Å². The molecule has 2 aliphatic rings. The molecular formula is C47H52F2N8O6. The van der Waals surface area contributed by atoms with Gasteiger partial charge in [0, 0.05) is 54.7 Å². The Morgan fingerprint density at radius 2 is 1.21 bits per heavy atom. The Hall–Kier alpha value is -6.14. The normalized spacial score (nSPS) is 16.7.